The van der Waals surface area contributed by atoms with Gasteiger partial charge < -0.3 is 15.3 Å². The first-order valence-electron chi connectivity index (χ1n) is 8.11. The topological polar surface area (TPSA) is 93.4 Å². The Labute approximate surface area is 159 Å². The van der Waals surface area contributed by atoms with Crippen molar-refractivity contribution in [1.29, 1.82) is 5.26 Å². The molecule has 0 aromatic heterocycles. The fourth-order valence-electron chi connectivity index (χ4n) is 3.20. The number of nitrogens with zero attached hydrogens (tertiary/aromatic N) is 2. The number of nitrogens with one attached hydrogen (secondary N) is 1. The summed E-state index contributed by atoms with van der Waals surface area (Å²) in [6, 6.07) is 11.7. The first kappa shape index (κ1) is 18.7. The number of urea groups is 1. The zero-order chi connectivity index (χ0) is 19.6. The lowest BCUT2D eigenvalue weighted by molar-refractivity contribution is 0.0698. The van der Waals surface area contributed by atoms with E-state index in [9.17, 15) is 24.3 Å². The second-order valence-electron chi connectivity index (χ2n) is 6.27. The monoisotopic (exact) mass is 387 g/mol. The molecule has 0 spiro atoms. The quantitative estimate of drug-likeness (QED) is 0.835. The van der Waals surface area contributed by atoms with Crippen molar-refractivity contribution in [2.45, 2.75) is 11.8 Å². The van der Waals surface area contributed by atoms with Crippen molar-refractivity contribution in [3.05, 3.63) is 64.4 Å². The Bertz CT molecular complexity index is 959. The van der Waals surface area contributed by atoms with E-state index in [0.717, 1.165) is 6.07 Å². The molecule has 1 aliphatic rings. The average Bonchev–Trinajstić information content (AvgIpc) is 3.07. The van der Waals surface area contributed by atoms with Gasteiger partial charge in [-0.3, -0.25) is 0 Å². The molecular weight excluding hydrogens is 373 g/mol. The van der Waals surface area contributed by atoms with Gasteiger partial charge in [0.2, 0.25) is 0 Å². The van der Waals surface area contributed by atoms with Crippen LogP contribution < -0.4 is 5.32 Å². The van der Waals surface area contributed by atoms with E-state index in [2.05, 4.69) is 11.4 Å². The van der Waals surface area contributed by atoms with Crippen molar-refractivity contribution >= 4 is 29.3 Å². The standard InChI is InChI=1S/C19H15ClFN3O3/c20-12-5-6-14(15(21)9-12)19(10-22)7-8-24(11-19)18(27)23-16-4-2-1-3-13(16)17(25)26/h1-6,9H,7-8,11H2,(H,23,27)(H,25,26). The predicted octanol–water partition coefficient (Wildman–Crippen LogP) is 3.88. The summed E-state index contributed by atoms with van der Waals surface area (Å²) in [7, 11) is 0. The van der Waals surface area contributed by atoms with Crippen LogP contribution in [0.4, 0.5) is 14.9 Å². The van der Waals surface area contributed by atoms with E-state index in [1.54, 1.807) is 12.1 Å². The number of likely N-dealkylation sites (tertiary alicyclic amines) is 1. The molecule has 138 valence electrons. The number of para-hydroxylation sites is 1. The van der Waals surface area contributed by atoms with Crippen LogP contribution in [-0.4, -0.2) is 35.1 Å². The second-order valence-corrected chi connectivity index (χ2v) is 6.71. The summed E-state index contributed by atoms with van der Waals surface area (Å²) in [5.74, 6) is -1.76. The van der Waals surface area contributed by atoms with Gasteiger partial charge in [0.15, 0.2) is 0 Å². The molecule has 1 heterocycles. The Hall–Kier alpha value is -3.11. The molecule has 2 aromatic rings. The van der Waals surface area contributed by atoms with Gasteiger partial charge in [-0.2, -0.15) is 5.26 Å². The first-order chi connectivity index (χ1) is 12.9. The second kappa shape index (κ2) is 7.25. The smallest absolute Gasteiger partial charge is 0.337 e. The van der Waals surface area contributed by atoms with Crippen LogP contribution in [0.15, 0.2) is 42.5 Å². The van der Waals surface area contributed by atoms with Crippen LogP contribution in [0.1, 0.15) is 22.3 Å². The normalized spacial score (nSPS) is 18.8. The molecule has 8 heteroatoms. The molecule has 0 radical (unpaired) electrons. The molecule has 1 fully saturated rings. The Kier molecular flexibility index (Phi) is 5.02. The zero-order valence-electron chi connectivity index (χ0n) is 14.1. The van der Waals surface area contributed by atoms with Crippen LogP contribution in [0.25, 0.3) is 0 Å². The van der Waals surface area contributed by atoms with Gasteiger partial charge in [-0.05, 0) is 30.7 Å². The SMILES string of the molecule is N#CC1(c2ccc(Cl)cc2F)CCN(C(=O)Nc2ccccc2C(=O)O)C1. The van der Waals surface area contributed by atoms with Gasteiger partial charge in [0.25, 0.3) is 0 Å². The third kappa shape index (κ3) is 3.57. The third-order valence-electron chi connectivity index (χ3n) is 4.62. The van der Waals surface area contributed by atoms with Gasteiger partial charge in [-0.15, -0.1) is 0 Å². The van der Waals surface area contributed by atoms with E-state index in [4.69, 9.17) is 11.6 Å². The lowest BCUT2D eigenvalue weighted by Gasteiger charge is -2.23. The number of halogens is 2. The molecule has 2 aromatic carbocycles. The Morgan fingerprint density at radius 3 is 2.70 bits per heavy atom. The van der Waals surface area contributed by atoms with Crippen molar-refractivity contribution in [3.63, 3.8) is 0 Å². The Balaban J connectivity index is 1.82. The van der Waals surface area contributed by atoms with E-state index in [1.165, 1.54) is 29.2 Å². The summed E-state index contributed by atoms with van der Waals surface area (Å²) >= 11 is 5.78. The largest absolute Gasteiger partial charge is 0.478 e. The van der Waals surface area contributed by atoms with Gasteiger partial charge in [0.05, 0.1) is 17.3 Å². The summed E-state index contributed by atoms with van der Waals surface area (Å²) in [5, 5.41) is 21.7. The van der Waals surface area contributed by atoms with Crippen LogP contribution in [-0.2, 0) is 5.41 Å². The molecule has 1 unspecified atom stereocenters. The minimum absolute atomic E-state index is 0.0108. The number of aromatic carboxylic acids is 1. The highest BCUT2D eigenvalue weighted by molar-refractivity contribution is 6.30. The number of carboxylic acid groups (broad SMARTS) is 1. The predicted molar refractivity (Wildman–Crippen MR) is 97.3 cm³/mol. The molecule has 1 saturated heterocycles. The minimum Gasteiger partial charge on any atom is -0.478 e. The third-order valence-corrected chi connectivity index (χ3v) is 4.85. The highest BCUT2D eigenvalue weighted by atomic mass is 35.5. The van der Waals surface area contributed by atoms with Crippen LogP contribution >= 0.6 is 11.6 Å². The van der Waals surface area contributed by atoms with E-state index in [-0.39, 0.29) is 41.3 Å². The van der Waals surface area contributed by atoms with Gasteiger partial charge in [0.1, 0.15) is 11.2 Å². The molecule has 27 heavy (non-hydrogen) atoms. The van der Waals surface area contributed by atoms with Crippen molar-refractivity contribution in [1.82, 2.24) is 4.90 Å². The molecular formula is C19H15ClFN3O3. The fraction of sp³-hybridized carbons (Fsp3) is 0.211. The minimum atomic E-state index is -1.18. The number of hydrogen-bond donors (Lipinski definition) is 2. The fourth-order valence-corrected chi connectivity index (χ4v) is 3.36. The van der Waals surface area contributed by atoms with Gasteiger partial charge in [-0.1, -0.05) is 29.8 Å². The highest BCUT2D eigenvalue weighted by Gasteiger charge is 2.43. The molecule has 3 rings (SSSR count). The molecule has 2 N–H and O–H groups in total. The zero-order valence-corrected chi connectivity index (χ0v) is 14.8. The van der Waals surface area contributed by atoms with Crippen molar-refractivity contribution in [2.24, 2.45) is 0 Å². The Morgan fingerprint density at radius 2 is 2.04 bits per heavy atom. The number of rotatable bonds is 3. The molecule has 1 atom stereocenters. The number of hydrogen-bond acceptors (Lipinski definition) is 3. The number of carbonyl (C=O) groups is 2. The Morgan fingerprint density at radius 1 is 1.30 bits per heavy atom. The summed E-state index contributed by atoms with van der Waals surface area (Å²) < 4.78 is 14.3. The van der Waals surface area contributed by atoms with E-state index in [1.807, 2.05) is 0 Å². The number of carboxylic acids is 1. The van der Waals surface area contributed by atoms with E-state index < -0.39 is 23.2 Å². The average molecular weight is 388 g/mol. The maximum Gasteiger partial charge on any atom is 0.337 e. The summed E-state index contributed by atoms with van der Waals surface area (Å²) in [4.78, 5) is 25.2. The van der Waals surface area contributed by atoms with Crippen LogP contribution in [0.5, 0.6) is 0 Å². The number of carbonyl (C=O) groups excluding carboxylic acids is 1. The molecule has 0 saturated carbocycles. The molecule has 0 bridgehead atoms. The number of nitriles is 1. The number of anilines is 1. The van der Waals surface area contributed by atoms with E-state index in [0.29, 0.717) is 0 Å². The van der Waals surface area contributed by atoms with Gasteiger partial charge in [0, 0.05) is 23.7 Å². The molecule has 0 aliphatic carbocycles. The summed E-state index contributed by atoms with van der Waals surface area (Å²) in [6.07, 6.45) is 0.260. The number of benzene rings is 2. The molecule has 2 amide bonds. The highest BCUT2D eigenvalue weighted by Crippen LogP contribution is 2.36. The lowest BCUT2D eigenvalue weighted by atomic mass is 9.81. The van der Waals surface area contributed by atoms with Crippen molar-refractivity contribution in [2.75, 3.05) is 18.4 Å². The first-order valence-corrected chi connectivity index (χ1v) is 8.49. The van der Waals surface area contributed by atoms with Crippen LogP contribution in [0, 0.1) is 17.1 Å². The maximum absolute atomic E-state index is 14.3. The lowest BCUT2D eigenvalue weighted by Crippen LogP contribution is -2.37. The number of amides is 2. The summed E-state index contributed by atoms with van der Waals surface area (Å²) in [6.45, 7) is 0.222. The molecule has 6 nitrogen and oxygen atoms in total. The van der Waals surface area contributed by atoms with Crippen LogP contribution in [0.3, 0.4) is 0 Å². The maximum atomic E-state index is 14.3. The van der Waals surface area contributed by atoms with Crippen molar-refractivity contribution in [3.8, 4) is 6.07 Å². The van der Waals surface area contributed by atoms with Crippen LogP contribution in [0.2, 0.25) is 5.02 Å². The molecule has 1 aliphatic heterocycles. The van der Waals surface area contributed by atoms with Crippen molar-refractivity contribution < 1.29 is 19.1 Å². The summed E-state index contributed by atoms with van der Waals surface area (Å²) in [5.41, 5.74) is -0.878. The van der Waals surface area contributed by atoms with Gasteiger partial charge in [-0.25, -0.2) is 14.0 Å². The van der Waals surface area contributed by atoms with E-state index >= 15 is 0 Å². The van der Waals surface area contributed by atoms with Gasteiger partial charge >= 0.3 is 12.0 Å².